The molecule has 3 aliphatic rings. The highest BCUT2D eigenvalue weighted by atomic mass is 16.4. The van der Waals surface area contributed by atoms with Gasteiger partial charge in [-0.3, -0.25) is 5.32 Å². The minimum Gasteiger partial charge on any atom is -0.478 e. The average Bonchev–Trinajstić information content (AvgIpc) is 2.62. The largest absolute Gasteiger partial charge is 0.478 e. The van der Waals surface area contributed by atoms with Gasteiger partial charge in [-0.15, -0.1) is 0 Å². The molecule has 4 unspecified atom stereocenters. The third-order valence-corrected chi connectivity index (χ3v) is 5.02. The molecule has 0 bridgehead atoms. The lowest BCUT2D eigenvalue weighted by atomic mass is 9.86. The maximum atomic E-state index is 11.4. The lowest BCUT2D eigenvalue weighted by molar-refractivity contribution is -0.133. The predicted molar refractivity (Wildman–Crippen MR) is 108 cm³/mol. The van der Waals surface area contributed by atoms with Gasteiger partial charge in [-0.2, -0.15) is 0 Å². The van der Waals surface area contributed by atoms with Crippen molar-refractivity contribution in [2.75, 3.05) is 0 Å². The number of rotatable bonds is 3. The zero-order valence-electron chi connectivity index (χ0n) is 15.8. The van der Waals surface area contributed by atoms with Gasteiger partial charge in [0.25, 0.3) is 0 Å². The third kappa shape index (κ3) is 4.24. The van der Waals surface area contributed by atoms with Crippen molar-refractivity contribution in [2.45, 2.75) is 39.3 Å². The maximum absolute atomic E-state index is 11.4. The molecule has 0 spiro atoms. The van der Waals surface area contributed by atoms with E-state index in [1.54, 1.807) is 12.2 Å². The topological polar surface area (TPSA) is 112 Å². The Hall–Kier alpha value is -2.96. The van der Waals surface area contributed by atoms with Crippen molar-refractivity contribution in [2.24, 2.45) is 32.5 Å². The monoisotopic (exact) mass is 367 g/mol. The first-order valence-corrected chi connectivity index (χ1v) is 9.05. The number of aliphatic carboxylic acids is 1. The number of guanidine groups is 2. The molecule has 0 aromatic rings. The van der Waals surface area contributed by atoms with Crippen LogP contribution in [0.25, 0.3) is 0 Å². The molecule has 7 heteroatoms. The van der Waals surface area contributed by atoms with E-state index < -0.39 is 5.97 Å². The number of nitrogens with one attached hydrogen (secondary N) is 1. The number of allylic oxidation sites excluding steroid dienone is 5. The van der Waals surface area contributed by atoms with Crippen LogP contribution in [0, 0.1) is 11.8 Å². The van der Waals surface area contributed by atoms with Gasteiger partial charge < -0.3 is 10.8 Å². The molecule has 0 aromatic carbocycles. The Morgan fingerprint density at radius 1 is 1.44 bits per heavy atom. The van der Waals surface area contributed by atoms with Crippen LogP contribution in [0.1, 0.15) is 27.2 Å². The Balaban J connectivity index is 1.71. The van der Waals surface area contributed by atoms with Crippen LogP contribution >= 0.6 is 0 Å². The average molecular weight is 367 g/mol. The van der Waals surface area contributed by atoms with Crippen molar-refractivity contribution >= 4 is 23.6 Å². The number of aliphatic imine (C=N–C) groups is 3. The minimum atomic E-state index is -0.923. The van der Waals surface area contributed by atoms with Crippen LogP contribution in [0.4, 0.5) is 0 Å². The zero-order valence-corrected chi connectivity index (χ0v) is 15.8. The molecule has 27 heavy (non-hydrogen) atoms. The Morgan fingerprint density at radius 2 is 2.22 bits per heavy atom. The summed E-state index contributed by atoms with van der Waals surface area (Å²) in [5, 5.41) is 12.3. The van der Waals surface area contributed by atoms with E-state index in [1.165, 1.54) is 5.57 Å². The van der Waals surface area contributed by atoms with Gasteiger partial charge in [0.15, 0.2) is 5.96 Å². The Kier molecular flexibility index (Phi) is 5.39. The molecule has 4 N–H and O–H groups in total. The van der Waals surface area contributed by atoms with Crippen LogP contribution in [0.3, 0.4) is 0 Å². The van der Waals surface area contributed by atoms with Crippen molar-refractivity contribution in [1.82, 2.24) is 5.32 Å². The number of fused-ring (bicyclic) bond motifs is 1. The summed E-state index contributed by atoms with van der Waals surface area (Å²) < 4.78 is 0. The lowest BCUT2D eigenvalue weighted by Crippen LogP contribution is -2.42. The fourth-order valence-electron chi connectivity index (χ4n) is 3.56. The van der Waals surface area contributed by atoms with E-state index in [2.05, 4.69) is 45.4 Å². The molecular weight excluding hydrogens is 342 g/mol. The van der Waals surface area contributed by atoms with Gasteiger partial charge >= 0.3 is 5.97 Å². The summed E-state index contributed by atoms with van der Waals surface area (Å²) in [4.78, 5) is 25.0. The Bertz CT molecular complexity index is 844. The van der Waals surface area contributed by atoms with Crippen molar-refractivity contribution in [1.29, 1.82) is 0 Å². The molecule has 0 radical (unpaired) electrons. The molecule has 0 fully saturated rings. The standard InChI is InChI=1S/C20H25N5O2/c1-11-8-9-17-16(10-11)13(3)23-20(24-17)25-19(21)22-12(2)14-6-4-5-7-15(14)18(26)27/h4-5,7-10,12,14,16-17H,6H2,1-3H3,(H,26,27)(H3,21,22,24,25). The van der Waals surface area contributed by atoms with E-state index in [9.17, 15) is 9.90 Å². The summed E-state index contributed by atoms with van der Waals surface area (Å²) in [6, 6.07) is -0.282. The van der Waals surface area contributed by atoms with Crippen LogP contribution in [-0.4, -0.2) is 40.8 Å². The number of hydrogen-bond acceptors (Lipinski definition) is 4. The number of carboxylic acids is 1. The second-order valence-corrected chi connectivity index (χ2v) is 7.07. The third-order valence-electron chi connectivity index (χ3n) is 5.02. The molecule has 1 heterocycles. The van der Waals surface area contributed by atoms with Gasteiger partial charge in [0.05, 0.1) is 12.1 Å². The number of nitrogens with two attached hydrogens (primary N) is 1. The summed E-state index contributed by atoms with van der Waals surface area (Å²) in [6.45, 7) is 5.90. The first-order chi connectivity index (χ1) is 12.8. The molecule has 0 amide bonds. The van der Waals surface area contributed by atoms with Gasteiger partial charge in [0, 0.05) is 23.1 Å². The second kappa shape index (κ2) is 7.73. The quantitative estimate of drug-likeness (QED) is 0.524. The van der Waals surface area contributed by atoms with Gasteiger partial charge in [-0.25, -0.2) is 19.8 Å². The van der Waals surface area contributed by atoms with Crippen LogP contribution in [-0.2, 0) is 4.79 Å². The lowest BCUT2D eigenvalue weighted by Gasteiger charge is -2.27. The summed E-state index contributed by atoms with van der Waals surface area (Å²) in [5.41, 5.74) is 8.57. The molecule has 4 atom stereocenters. The molecule has 0 aromatic heterocycles. The van der Waals surface area contributed by atoms with E-state index in [0.717, 1.165) is 5.71 Å². The highest BCUT2D eigenvalue weighted by Gasteiger charge is 2.28. The molecule has 7 nitrogen and oxygen atoms in total. The van der Waals surface area contributed by atoms with Gasteiger partial charge in [0.1, 0.15) is 0 Å². The van der Waals surface area contributed by atoms with E-state index in [4.69, 9.17) is 5.73 Å². The number of carbonyl (C=O) groups is 1. The Morgan fingerprint density at radius 3 is 2.96 bits per heavy atom. The van der Waals surface area contributed by atoms with Crippen LogP contribution in [0.15, 0.2) is 62.6 Å². The SMILES string of the molecule is CC1=CC2C(C)=NC(NC(N)=NC(C)C3CC=CC=C3C(=O)O)=NC2C=C1. The van der Waals surface area contributed by atoms with Gasteiger partial charge in [-0.1, -0.05) is 42.0 Å². The normalized spacial score (nSPS) is 28.4. The van der Waals surface area contributed by atoms with E-state index in [1.807, 2.05) is 19.9 Å². The fraction of sp³-hybridized carbons (Fsp3) is 0.400. The van der Waals surface area contributed by atoms with E-state index in [-0.39, 0.29) is 29.9 Å². The molecule has 3 rings (SSSR count). The van der Waals surface area contributed by atoms with E-state index in [0.29, 0.717) is 18.0 Å². The number of nitrogens with zero attached hydrogens (tertiary/aromatic N) is 3. The molecule has 0 saturated heterocycles. The van der Waals surface area contributed by atoms with Crippen molar-refractivity contribution < 1.29 is 9.90 Å². The highest BCUT2D eigenvalue weighted by Crippen LogP contribution is 2.26. The van der Waals surface area contributed by atoms with Crippen molar-refractivity contribution in [3.05, 3.63) is 47.6 Å². The van der Waals surface area contributed by atoms with Crippen LogP contribution in [0.5, 0.6) is 0 Å². The van der Waals surface area contributed by atoms with Crippen LogP contribution in [0.2, 0.25) is 0 Å². The van der Waals surface area contributed by atoms with Crippen molar-refractivity contribution in [3.63, 3.8) is 0 Å². The first kappa shape index (κ1) is 18.8. The summed E-state index contributed by atoms with van der Waals surface area (Å²) in [6.07, 6.45) is 12.2. The summed E-state index contributed by atoms with van der Waals surface area (Å²) >= 11 is 0. The summed E-state index contributed by atoms with van der Waals surface area (Å²) in [5.74, 6) is -0.354. The van der Waals surface area contributed by atoms with Gasteiger partial charge in [0.2, 0.25) is 5.96 Å². The molecule has 0 saturated carbocycles. The zero-order chi connectivity index (χ0) is 19.6. The second-order valence-electron chi connectivity index (χ2n) is 7.07. The summed E-state index contributed by atoms with van der Waals surface area (Å²) in [7, 11) is 0. The molecule has 2 aliphatic carbocycles. The first-order valence-electron chi connectivity index (χ1n) is 9.05. The highest BCUT2D eigenvalue weighted by molar-refractivity contribution is 6.06. The molecule has 1 aliphatic heterocycles. The molecular formula is C20H25N5O2. The maximum Gasteiger partial charge on any atom is 0.331 e. The Labute approximate surface area is 158 Å². The van der Waals surface area contributed by atoms with Gasteiger partial charge in [-0.05, 0) is 27.2 Å². The predicted octanol–water partition coefficient (Wildman–Crippen LogP) is 2.20. The molecule has 142 valence electrons. The van der Waals surface area contributed by atoms with E-state index >= 15 is 0 Å². The number of carboxylic acid groups (broad SMARTS) is 1. The smallest absolute Gasteiger partial charge is 0.331 e. The van der Waals surface area contributed by atoms with Crippen molar-refractivity contribution in [3.8, 4) is 0 Å². The number of hydrogen-bond donors (Lipinski definition) is 3. The fourth-order valence-corrected chi connectivity index (χ4v) is 3.56. The van der Waals surface area contributed by atoms with Crippen LogP contribution < -0.4 is 11.1 Å². The minimum absolute atomic E-state index is 0.00366.